The van der Waals surface area contributed by atoms with Gasteiger partial charge in [-0.05, 0) is 6.92 Å². The molecule has 0 aliphatic rings. The average Bonchev–Trinajstić information content (AvgIpc) is 2.45. The summed E-state index contributed by atoms with van der Waals surface area (Å²) in [7, 11) is 1.78. The van der Waals surface area contributed by atoms with Gasteiger partial charge in [0.15, 0.2) is 0 Å². The SMILES string of the molecule is C#CCC(N)C(=O)Nc1cn(C)nc1C. The molecule has 0 spiro atoms. The van der Waals surface area contributed by atoms with Crippen molar-refractivity contribution < 1.29 is 4.79 Å². The molecule has 0 bridgehead atoms. The first kappa shape index (κ1) is 11.3. The fourth-order valence-corrected chi connectivity index (χ4v) is 1.17. The molecule has 0 radical (unpaired) electrons. The van der Waals surface area contributed by atoms with Crippen molar-refractivity contribution >= 4 is 11.6 Å². The Morgan fingerprint density at radius 1 is 1.87 bits per heavy atom. The maximum Gasteiger partial charge on any atom is 0.242 e. The largest absolute Gasteiger partial charge is 0.322 e. The molecule has 0 saturated carbocycles. The number of aromatic nitrogens is 2. The van der Waals surface area contributed by atoms with E-state index in [0.717, 1.165) is 5.69 Å². The van der Waals surface area contributed by atoms with Crippen molar-refractivity contribution in [3.63, 3.8) is 0 Å². The molecule has 1 heterocycles. The van der Waals surface area contributed by atoms with Crippen LogP contribution in [0, 0.1) is 19.3 Å². The van der Waals surface area contributed by atoms with Crippen molar-refractivity contribution in [3.05, 3.63) is 11.9 Å². The standard InChI is InChI=1S/C10H14N4O/c1-4-5-8(11)10(15)12-9-6-14(3)13-7(9)2/h1,6,8H,5,11H2,2-3H3,(H,12,15). The molecule has 0 aliphatic carbocycles. The average molecular weight is 206 g/mol. The smallest absolute Gasteiger partial charge is 0.242 e. The normalized spacial score (nSPS) is 11.9. The summed E-state index contributed by atoms with van der Waals surface area (Å²) in [5.74, 6) is 2.06. The molecular weight excluding hydrogens is 192 g/mol. The van der Waals surface area contributed by atoms with Crippen molar-refractivity contribution in [1.82, 2.24) is 9.78 Å². The molecule has 0 aromatic carbocycles. The van der Waals surface area contributed by atoms with Crippen LogP contribution in [-0.2, 0) is 11.8 Å². The first-order chi connectivity index (χ1) is 7.04. The van der Waals surface area contributed by atoms with Crippen LogP contribution in [0.4, 0.5) is 5.69 Å². The lowest BCUT2D eigenvalue weighted by molar-refractivity contribution is -0.117. The third-order valence-corrected chi connectivity index (χ3v) is 1.95. The summed E-state index contributed by atoms with van der Waals surface area (Å²) in [6.07, 6.45) is 7.01. The van der Waals surface area contributed by atoms with E-state index in [0.29, 0.717) is 5.69 Å². The molecule has 3 N–H and O–H groups in total. The van der Waals surface area contributed by atoms with Crippen LogP contribution >= 0.6 is 0 Å². The van der Waals surface area contributed by atoms with Crippen LogP contribution in [0.2, 0.25) is 0 Å². The molecule has 1 atom stereocenters. The molecule has 0 saturated heterocycles. The van der Waals surface area contributed by atoms with Crippen molar-refractivity contribution in [2.75, 3.05) is 5.32 Å². The van der Waals surface area contributed by atoms with Gasteiger partial charge in [-0.1, -0.05) is 0 Å². The molecule has 1 unspecified atom stereocenters. The van der Waals surface area contributed by atoms with Gasteiger partial charge in [0.25, 0.3) is 0 Å². The number of terminal acetylenes is 1. The van der Waals surface area contributed by atoms with E-state index < -0.39 is 6.04 Å². The Morgan fingerprint density at radius 3 is 3.00 bits per heavy atom. The maximum absolute atomic E-state index is 11.5. The molecule has 1 rings (SSSR count). The second kappa shape index (κ2) is 4.62. The van der Waals surface area contributed by atoms with E-state index in [1.54, 1.807) is 17.9 Å². The summed E-state index contributed by atoms with van der Waals surface area (Å²) in [5, 5.41) is 6.76. The van der Waals surface area contributed by atoms with Crippen LogP contribution in [-0.4, -0.2) is 21.7 Å². The van der Waals surface area contributed by atoms with Crippen LogP contribution in [0.3, 0.4) is 0 Å². The number of carbonyl (C=O) groups is 1. The molecule has 5 heteroatoms. The highest BCUT2D eigenvalue weighted by Gasteiger charge is 2.14. The van der Waals surface area contributed by atoms with Gasteiger partial charge in [-0.2, -0.15) is 5.10 Å². The second-order valence-electron chi connectivity index (χ2n) is 3.31. The van der Waals surface area contributed by atoms with E-state index in [2.05, 4.69) is 16.3 Å². The number of rotatable bonds is 3. The number of nitrogens with two attached hydrogens (primary N) is 1. The number of hydrogen-bond donors (Lipinski definition) is 2. The summed E-state index contributed by atoms with van der Waals surface area (Å²) >= 11 is 0. The highest BCUT2D eigenvalue weighted by atomic mass is 16.2. The Kier molecular flexibility index (Phi) is 3.47. The van der Waals surface area contributed by atoms with Crippen LogP contribution in [0.25, 0.3) is 0 Å². The molecule has 15 heavy (non-hydrogen) atoms. The van der Waals surface area contributed by atoms with Crippen LogP contribution < -0.4 is 11.1 Å². The molecule has 1 amide bonds. The minimum absolute atomic E-state index is 0.227. The van der Waals surface area contributed by atoms with Gasteiger partial charge in [0.1, 0.15) is 0 Å². The number of nitrogens with zero attached hydrogens (tertiary/aromatic N) is 2. The highest BCUT2D eigenvalue weighted by Crippen LogP contribution is 2.11. The lowest BCUT2D eigenvalue weighted by Gasteiger charge is -2.08. The third-order valence-electron chi connectivity index (χ3n) is 1.95. The van der Waals surface area contributed by atoms with Gasteiger partial charge < -0.3 is 11.1 Å². The number of carbonyl (C=O) groups excluding carboxylic acids is 1. The Morgan fingerprint density at radius 2 is 2.53 bits per heavy atom. The molecule has 0 aliphatic heterocycles. The molecule has 0 fully saturated rings. The van der Waals surface area contributed by atoms with E-state index in [1.807, 2.05) is 6.92 Å². The predicted molar refractivity (Wildman–Crippen MR) is 58.0 cm³/mol. The van der Waals surface area contributed by atoms with E-state index in [1.165, 1.54) is 0 Å². The highest BCUT2D eigenvalue weighted by molar-refractivity contribution is 5.95. The van der Waals surface area contributed by atoms with E-state index in [-0.39, 0.29) is 12.3 Å². The summed E-state index contributed by atoms with van der Waals surface area (Å²) in [4.78, 5) is 11.5. The fourth-order valence-electron chi connectivity index (χ4n) is 1.17. The van der Waals surface area contributed by atoms with E-state index in [9.17, 15) is 4.79 Å². The zero-order chi connectivity index (χ0) is 11.4. The summed E-state index contributed by atoms with van der Waals surface area (Å²) in [5.41, 5.74) is 6.96. The Bertz CT molecular complexity index is 402. The Balaban J connectivity index is 2.67. The van der Waals surface area contributed by atoms with Gasteiger partial charge in [-0.15, -0.1) is 12.3 Å². The molecular formula is C10H14N4O. The van der Waals surface area contributed by atoms with E-state index in [4.69, 9.17) is 12.2 Å². The zero-order valence-corrected chi connectivity index (χ0v) is 8.82. The quantitative estimate of drug-likeness (QED) is 0.685. The van der Waals surface area contributed by atoms with Gasteiger partial charge in [-0.25, -0.2) is 0 Å². The fraction of sp³-hybridized carbons (Fsp3) is 0.400. The van der Waals surface area contributed by atoms with Crippen molar-refractivity contribution in [2.24, 2.45) is 12.8 Å². The Hall–Kier alpha value is -1.80. The summed E-state index contributed by atoms with van der Waals surface area (Å²) in [6, 6.07) is -0.672. The Labute approximate surface area is 88.6 Å². The lowest BCUT2D eigenvalue weighted by Crippen LogP contribution is -2.35. The zero-order valence-electron chi connectivity index (χ0n) is 8.82. The van der Waals surface area contributed by atoms with Gasteiger partial charge >= 0.3 is 0 Å². The van der Waals surface area contributed by atoms with Gasteiger partial charge in [0.2, 0.25) is 5.91 Å². The molecule has 5 nitrogen and oxygen atoms in total. The van der Waals surface area contributed by atoms with Crippen LogP contribution in [0.1, 0.15) is 12.1 Å². The third kappa shape index (κ3) is 2.82. The number of amides is 1. The van der Waals surface area contributed by atoms with Crippen LogP contribution in [0.5, 0.6) is 0 Å². The molecule has 1 aromatic heterocycles. The minimum atomic E-state index is -0.672. The number of aryl methyl sites for hydroxylation is 2. The number of anilines is 1. The summed E-state index contributed by atoms with van der Waals surface area (Å²) < 4.78 is 1.62. The van der Waals surface area contributed by atoms with Crippen molar-refractivity contribution in [3.8, 4) is 12.3 Å². The van der Waals surface area contributed by atoms with E-state index >= 15 is 0 Å². The predicted octanol–water partition coefficient (Wildman–Crippen LogP) is 0.0176. The van der Waals surface area contributed by atoms with Crippen molar-refractivity contribution in [1.29, 1.82) is 0 Å². The monoisotopic (exact) mass is 206 g/mol. The minimum Gasteiger partial charge on any atom is -0.322 e. The summed E-state index contributed by atoms with van der Waals surface area (Å²) in [6.45, 7) is 1.81. The number of hydrogen-bond acceptors (Lipinski definition) is 3. The van der Waals surface area contributed by atoms with Gasteiger partial charge in [0, 0.05) is 19.7 Å². The number of nitrogens with one attached hydrogen (secondary N) is 1. The molecule has 80 valence electrons. The lowest BCUT2D eigenvalue weighted by atomic mass is 10.2. The topological polar surface area (TPSA) is 72.9 Å². The van der Waals surface area contributed by atoms with Gasteiger partial charge in [0.05, 0.1) is 17.4 Å². The maximum atomic E-state index is 11.5. The van der Waals surface area contributed by atoms with Crippen LogP contribution in [0.15, 0.2) is 6.20 Å². The second-order valence-corrected chi connectivity index (χ2v) is 3.31. The van der Waals surface area contributed by atoms with Crippen molar-refractivity contribution in [2.45, 2.75) is 19.4 Å². The first-order valence-electron chi connectivity index (χ1n) is 4.54. The first-order valence-corrected chi connectivity index (χ1v) is 4.54. The van der Waals surface area contributed by atoms with Gasteiger partial charge in [-0.3, -0.25) is 9.48 Å². The molecule has 1 aromatic rings.